The molecule has 27 heavy (non-hydrogen) atoms. The zero-order chi connectivity index (χ0) is 19.5. The fourth-order valence-electron chi connectivity index (χ4n) is 3.81. The van der Waals surface area contributed by atoms with Gasteiger partial charge in [0.05, 0.1) is 0 Å². The largest absolute Gasteiger partial charge is 0.396 e. The van der Waals surface area contributed by atoms with E-state index in [0.717, 1.165) is 70.9 Å². The average molecular weight is 375 g/mol. The summed E-state index contributed by atoms with van der Waals surface area (Å²) in [5, 5.41) is 16.2. The smallest absolute Gasteiger partial charge is 0.191 e. The molecule has 1 aromatic carbocycles. The van der Waals surface area contributed by atoms with Gasteiger partial charge in [-0.3, -0.25) is 9.89 Å². The van der Waals surface area contributed by atoms with Gasteiger partial charge in [0.1, 0.15) is 0 Å². The van der Waals surface area contributed by atoms with Crippen molar-refractivity contribution in [2.75, 3.05) is 39.3 Å². The third-order valence-corrected chi connectivity index (χ3v) is 5.99. The van der Waals surface area contributed by atoms with E-state index < -0.39 is 0 Å². The van der Waals surface area contributed by atoms with Gasteiger partial charge in [-0.15, -0.1) is 0 Å². The summed E-state index contributed by atoms with van der Waals surface area (Å²) in [6, 6.07) is 8.77. The van der Waals surface area contributed by atoms with Gasteiger partial charge in [-0.25, -0.2) is 0 Å². The number of benzene rings is 1. The molecule has 152 valence electrons. The van der Waals surface area contributed by atoms with E-state index in [-0.39, 0.29) is 12.0 Å². The number of nitrogens with zero attached hydrogens (tertiary/aromatic N) is 2. The highest BCUT2D eigenvalue weighted by atomic mass is 16.3. The minimum Gasteiger partial charge on any atom is -0.396 e. The van der Waals surface area contributed by atoms with Gasteiger partial charge in [-0.05, 0) is 49.1 Å². The molecule has 0 aromatic heterocycles. The maximum absolute atomic E-state index is 9.40. The summed E-state index contributed by atoms with van der Waals surface area (Å²) in [5.41, 5.74) is 3.06. The molecule has 1 heterocycles. The first-order valence-electron chi connectivity index (χ1n) is 10.6. The first kappa shape index (κ1) is 21.7. The number of guanidine groups is 1. The second kappa shape index (κ2) is 11.3. The molecule has 5 heteroatoms. The van der Waals surface area contributed by atoms with Gasteiger partial charge in [0.2, 0.25) is 0 Å². The molecule has 0 atom stereocenters. The minimum absolute atomic E-state index is 0.105. The first-order chi connectivity index (χ1) is 13.2. The second-order valence-electron chi connectivity index (χ2n) is 7.60. The highest BCUT2D eigenvalue weighted by molar-refractivity contribution is 5.79. The number of rotatable bonds is 10. The maximum Gasteiger partial charge on any atom is 0.191 e. The van der Waals surface area contributed by atoms with Crippen molar-refractivity contribution in [1.82, 2.24) is 15.5 Å². The summed E-state index contributed by atoms with van der Waals surface area (Å²) < 4.78 is 0. The molecule has 0 spiro atoms. The van der Waals surface area contributed by atoms with E-state index in [2.05, 4.69) is 60.6 Å². The molecule has 0 aliphatic carbocycles. The topological polar surface area (TPSA) is 59.9 Å². The number of hydrogen-bond donors (Lipinski definition) is 3. The molecule has 1 aromatic rings. The van der Waals surface area contributed by atoms with E-state index in [4.69, 9.17) is 4.99 Å². The van der Waals surface area contributed by atoms with Crippen molar-refractivity contribution >= 4 is 5.96 Å². The van der Waals surface area contributed by atoms with Crippen LogP contribution < -0.4 is 10.6 Å². The number of hydrogen-bond acceptors (Lipinski definition) is 3. The highest BCUT2D eigenvalue weighted by Gasteiger charge is 2.25. The predicted molar refractivity (Wildman–Crippen MR) is 114 cm³/mol. The monoisotopic (exact) mass is 374 g/mol. The fourth-order valence-corrected chi connectivity index (χ4v) is 3.81. The standard InChI is InChI=1S/C22H38N4O/c1-4-22(5-2,12-16-27)18-25-21(23-6-3)24-13-15-26-14-11-19-9-7-8-10-20(19)17-26/h7-10,27H,4-6,11-18H2,1-3H3,(H2,23,24,25). The normalized spacial score (nSPS) is 15.5. The van der Waals surface area contributed by atoms with Crippen LogP contribution in [0.2, 0.25) is 0 Å². The lowest BCUT2D eigenvalue weighted by atomic mass is 9.79. The van der Waals surface area contributed by atoms with E-state index >= 15 is 0 Å². The summed E-state index contributed by atoms with van der Waals surface area (Å²) in [6.07, 6.45) is 4.04. The molecule has 0 radical (unpaired) electrons. The van der Waals surface area contributed by atoms with Crippen molar-refractivity contribution in [1.29, 1.82) is 0 Å². The molecule has 0 saturated carbocycles. The molecule has 1 aliphatic heterocycles. The number of nitrogens with one attached hydrogen (secondary N) is 2. The van der Waals surface area contributed by atoms with Crippen LogP contribution in [0.5, 0.6) is 0 Å². The molecule has 0 saturated heterocycles. The predicted octanol–water partition coefficient (Wildman–Crippen LogP) is 2.79. The van der Waals surface area contributed by atoms with Crippen LogP contribution in [0.4, 0.5) is 0 Å². The average Bonchev–Trinajstić information content (AvgIpc) is 2.71. The molecule has 5 nitrogen and oxygen atoms in total. The second-order valence-corrected chi connectivity index (χ2v) is 7.60. The molecule has 0 amide bonds. The lowest BCUT2D eigenvalue weighted by Gasteiger charge is -2.30. The van der Waals surface area contributed by atoms with Crippen molar-refractivity contribution < 1.29 is 5.11 Å². The molecular weight excluding hydrogens is 336 g/mol. The van der Waals surface area contributed by atoms with Gasteiger partial charge in [-0.1, -0.05) is 38.1 Å². The number of fused-ring (bicyclic) bond motifs is 1. The summed E-state index contributed by atoms with van der Waals surface area (Å²) >= 11 is 0. The summed E-state index contributed by atoms with van der Waals surface area (Å²) in [7, 11) is 0. The Bertz CT molecular complexity index is 583. The van der Waals surface area contributed by atoms with E-state index in [1.54, 1.807) is 0 Å². The van der Waals surface area contributed by atoms with Gasteiger partial charge >= 0.3 is 0 Å². The zero-order valence-electron chi connectivity index (χ0n) is 17.4. The van der Waals surface area contributed by atoms with Crippen LogP contribution in [0.3, 0.4) is 0 Å². The molecule has 1 aliphatic rings. The van der Waals surface area contributed by atoms with Crippen molar-refractivity contribution in [3.63, 3.8) is 0 Å². The number of aliphatic hydroxyl groups excluding tert-OH is 1. The quantitative estimate of drug-likeness (QED) is 0.435. The Morgan fingerprint density at radius 2 is 1.89 bits per heavy atom. The summed E-state index contributed by atoms with van der Waals surface area (Å²) in [5.74, 6) is 0.888. The fraction of sp³-hybridized carbons (Fsp3) is 0.682. The van der Waals surface area contributed by atoms with E-state index in [1.807, 2.05) is 0 Å². The van der Waals surface area contributed by atoms with Gasteiger partial charge in [0.15, 0.2) is 5.96 Å². The molecule has 0 bridgehead atoms. The SMILES string of the molecule is CCNC(=NCC(CC)(CC)CCO)NCCN1CCc2ccccc2C1. The van der Waals surface area contributed by atoms with E-state index in [1.165, 1.54) is 11.1 Å². The molecule has 0 fully saturated rings. The first-order valence-corrected chi connectivity index (χ1v) is 10.6. The lowest BCUT2D eigenvalue weighted by molar-refractivity contribution is 0.175. The van der Waals surface area contributed by atoms with Gasteiger partial charge in [0, 0.05) is 45.9 Å². The summed E-state index contributed by atoms with van der Waals surface area (Å²) in [4.78, 5) is 7.34. The molecule has 0 unspecified atom stereocenters. The van der Waals surface area contributed by atoms with Crippen molar-refractivity contribution in [2.45, 2.75) is 53.0 Å². The molecule has 2 rings (SSSR count). The van der Waals surface area contributed by atoms with Gasteiger partial charge in [-0.2, -0.15) is 0 Å². The van der Waals surface area contributed by atoms with Crippen LogP contribution in [0, 0.1) is 5.41 Å². The Labute approximate surface area is 165 Å². The third-order valence-electron chi connectivity index (χ3n) is 5.99. The lowest BCUT2D eigenvalue weighted by Crippen LogP contribution is -2.43. The van der Waals surface area contributed by atoms with Gasteiger partial charge < -0.3 is 15.7 Å². The Morgan fingerprint density at radius 1 is 1.15 bits per heavy atom. The van der Waals surface area contributed by atoms with E-state index in [9.17, 15) is 5.11 Å². The van der Waals surface area contributed by atoms with Gasteiger partial charge in [0.25, 0.3) is 0 Å². The third kappa shape index (κ3) is 6.51. The molecule has 3 N–H and O–H groups in total. The van der Waals surface area contributed by atoms with Crippen molar-refractivity contribution in [2.24, 2.45) is 10.4 Å². The zero-order valence-corrected chi connectivity index (χ0v) is 17.4. The highest BCUT2D eigenvalue weighted by Crippen LogP contribution is 2.30. The number of aliphatic imine (C=N–C) groups is 1. The summed E-state index contributed by atoms with van der Waals surface area (Å²) in [6.45, 7) is 12.4. The van der Waals surface area contributed by atoms with Crippen LogP contribution in [0.15, 0.2) is 29.3 Å². The molecular formula is C22H38N4O. The Hall–Kier alpha value is -1.59. The van der Waals surface area contributed by atoms with Crippen molar-refractivity contribution in [3.8, 4) is 0 Å². The Balaban J connectivity index is 1.85. The van der Waals surface area contributed by atoms with Crippen LogP contribution in [0.25, 0.3) is 0 Å². The maximum atomic E-state index is 9.40. The minimum atomic E-state index is 0.105. The van der Waals surface area contributed by atoms with Crippen molar-refractivity contribution in [3.05, 3.63) is 35.4 Å². The van der Waals surface area contributed by atoms with Crippen LogP contribution in [0.1, 0.15) is 51.2 Å². The van der Waals surface area contributed by atoms with Crippen LogP contribution >= 0.6 is 0 Å². The Morgan fingerprint density at radius 3 is 2.56 bits per heavy atom. The Kier molecular flexibility index (Phi) is 9.08. The van der Waals surface area contributed by atoms with Crippen LogP contribution in [-0.4, -0.2) is 55.3 Å². The van der Waals surface area contributed by atoms with Crippen LogP contribution in [-0.2, 0) is 13.0 Å². The number of aliphatic hydroxyl groups is 1. The van der Waals surface area contributed by atoms with E-state index in [0.29, 0.717) is 0 Å².